The van der Waals surface area contributed by atoms with Gasteiger partial charge in [-0.2, -0.15) is 0 Å². The maximum absolute atomic E-state index is 2.35. The summed E-state index contributed by atoms with van der Waals surface area (Å²) in [7, 11) is 0. The fourth-order valence-corrected chi connectivity index (χ4v) is 1.80. The smallest absolute Gasteiger partial charge is 0.00833 e. The average Bonchev–Trinajstić information content (AvgIpc) is 2.05. The molecule has 0 heterocycles. The van der Waals surface area contributed by atoms with Crippen LogP contribution in [0, 0.1) is 11.3 Å². The highest BCUT2D eigenvalue weighted by atomic mass is 14.3. The van der Waals surface area contributed by atoms with E-state index in [9.17, 15) is 0 Å². The van der Waals surface area contributed by atoms with Gasteiger partial charge in [0.15, 0.2) is 0 Å². The van der Waals surface area contributed by atoms with Gasteiger partial charge in [-0.1, -0.05) is 45.1 Å². The summed E-state index contributed by atoms with van der Waals surface area (Å²) in [5.74, 6) is 0.748. The van der Waals surface area contributed by atoms with Crippen molar-refractivity contribution in [3.8, 4) is 0 Å². The maximum atomic E-state index is 2.35. The van der Waals surface area contributed by atoms with Crippen molar-refractivity contribution >= 4 is 0 Å². The van der Waals surface area contributed by atoms with Crippen molar-refractivity contribution in [2.75, 3.05) is 0 Å². The van der Waals surface area contributed by atoms with E-state index in [0.717, 1.165) is 5.92 Å². The van der Waals surface area contributed by atoms with Crippen LogP contribution in [0.25, 0.3) is 0 Å². The number of hydrogen-bond donors (Lipinski definition) is 0. The normalized spacial score (nSPS) is 36.1. The van der Waals surface area contributed by atoms with E-state index in [4.69, 9.17) is 0 Å². The van der Waals surface area contributed by atoms with Gasteiger partial charge in [-0.25, -0.2) is 0 Å². The van der Waals surface area contributed by atoms with Crippen LogP contribution in [0.1, 0.15) is 33.6 Å². The molecule has 62 valence electrons. The Morgan fingerprint density at radius 3 is 2.45 bits per heavy atom. The van der Waals surface area contributed by atoms with Gasteiger partial charge in [0.2, 0.25) is 0 Å². The predicted molar refractivity (Wildman–Crippen MR) is 50.5 cm³/mol. The molecule has 1 aliphatic carbocycles. The molecular weight excluding hydrogens is 132 g/mol. The topological polar surface area (TPSA) is 0 Å². The van der Waals surface area contributed by atoms with E-state index in [0.29, 0.717) is 5.41 Å². The molecule has 0 aromatic heterocycles. The summed E-state index contributed by atoms with van der Waals surface area (Å²) in [6.07, 6.45) is 11.5. The first-order chi connectivity index (χ1) is 5.23. The predicted octanol–water partition coefficient (Wildman–Crippen LogP) is 3.55. The Morgan fingerprint density at radius 2 is 2.00 bits per heavy atom. The molecule has 0 bridgehead atoms. The molecule has 0 radical (unpaired) electrons. The van der Waals surface area contributed by atoms with Crippen LogP contribution in [-0.4, -0.2) is 0 Å². The monoisotopic (exact) mass is 150 g/mol. The van der Waals surface area contributed by atoms with Gasteiger partial charge in [-0.05, 0) is 24.2 Å². The van der Waals surface area contributed by atoms with Crippen molar-refractivity contribution in [2.24, 2.45) is 11.3 Å². The number of rotatable bonds is 2. The standard InChI is InChI=1S/C11H18/c1-4-10-8-6-7-9-11(10,3)5-2/h6-10H,4-5H2,1-3H3/t10?,11-/m0/s1. The second-order valence-corrected chi connectivity index (χ2v) is 3.62. The minimum atomic E-state index is 0.420. The molecule has 0 saturated heterocycles. The summed E-state index contributed by atoms with van der Waals surface area (Å²) in [5.41, 5.74) is 0.420. The largest absolute Gasteiger partial charge is 0.0806 e. The lowest BCUT2D eigenvalue weighted by Crippen LogP contribution is -2.23. The Kier molecular flexibility index (Phi) is 2.53. The summed E-state index contributed by atoms with van der Waals surface area (Å²) < 4.78 is 0. The van der Waals surface area contributed by atoms with Crippen LogP contribution in [0.15, 0.2) is 24.3 Å². The molecule has 1 rings (SSSR count). The van der Waals surface area contributed by atoms with Crippen LogP contribution >= 0.6 is 0 Å². The molecule has 0 nitrogen and oxygen atoms in total. The summed E-state index contributed by atoms with van der Waals surface area (Å²) >= 11 is 0. The van der Waals surface area contributed by atoms with Crippen LogP contribution in [0.4, 0.5) is 0 Å². The molecule has 0 heteroatoms. The third-order valence-corrected chi connectivity index (χ3v) is 2.98. The summed E-state index contributed by atoms with van der Waals surface area (Å²) in [6, 6.07) is 0. The van der Waals surface area contributed by atoms with E-state index in [1.165, 1.54) is 12.8 Å². The van der Waals surface area contributed by atoms with Crippen LogP contribution in [0.5, 0.6) is 0 Å². The van der Waals surface area contributed by atoms with E-state index < -0.39 is 0 Å². The van der Waals surface area contributed by atoms with Crippen LogP contribution < -0.4 is 0 Å². The molecule has 0 aliphatic heterocycles. The molecule has 1 unspecified atom stereocenters. The number of hydrogen-bond acceptors (Lipinski definition) is 0. The Bertz CT molecular complexity index is 176. The van der Waals surface area contributed by atoms with E-state index in [2.05, 4.69) is 45.1 Å². The fraction of sp³-hybridized carbons (Fsp3) is 0.636. The summed E-state index contributed by atoms with van der Waals surface area (Å²) in [5, 5.41) is 0. The van der Waals surface area contributed by atoms with Gasteiger partial charge >= 0.3 is 0 Å². The van der Waals surface area contributed by atoms with Gasteiger partial charge in [0, 0.05) is 0 Å². The van der Waals surface area contributed by atoms with Crippen LogP contribution in [0.3, 0.4) is 0 Å². The van der Waals surface area contributed by atoms with E-state index >= 15 is 0 Å². The van der Waals surface area contributed by atoms with E-state index in [1.54, 1.807) is 0 Å². The minimum Gasteiger partial charge on any atom is -0.0806 e. The SMILES string of the molecule is CCC1C=CC=C[C@]1(C)CC. The third kappa shape index (κ3) is 1.55. The first-order valence-corrected chi connectivity index (χ1v) is 4.59. The zero-order valence-electron chi connectivity index (χ0n) is 7.80. The lowest BCUT2D eigenvalue weighted by atomic mass is 9.71. The molecule has 0 saturated carbocycles. The Balaban J connectivity index is 2.77. The second kappa shape index (κ2) is 3.25. The van der Waals surface area contributed by atoms with Crippen molar-refractivity contribution in [1.82, 2.24) is 0 Å². The zero-order chi connectivity index (χ0) is 8.32. The quantitative estimate of drug-likeness (QED) is 0.564. The van der Waals surface area contributed by atoms with E-state index in [1.807, 2.05) is 0 Å². The molecule has 0 amide bonds. The fourth-order valence-electron chi connectivity index (χ4n) is 1.80. The van der Waals surface area contributed by atoms with Crippen molar-refractivity contribution in [3.63, 3.8) is 0 Å². The van der Waals surface area contributed by atoms with Crippen molar-refractivity contribution in [3.05, 3.63) is 24.3 Å². The second-order valence-electron chi connectivity index (χ2n) is 3.62. The highest BCUT2D eigenvalue weighted by Crippen LogP contribution is 2.37. The first kappa shape index (κ1) is 8.58. The summed E-state index contributed by atoms with van der Waals surface area (Å²) in [4.78, 5) is 0. The molecule has 0 fully saturated rings. The van der Waals surface area contributed by atoms with Crippen LogP contribution in [0.2, 0.25) is 0 Å². The molecule has 1 aliphatic rings. The molecule has 11 heavy (non-hydrogen) atoms. The van der Waals surface area contributed by atoms with Gasteiger partial charge in [0.25, 0.3) is 0 Å². The maximum Gasteiger partial charge on any atom is -0.00833 e. The van der Waals surface area contributed by atoms with Gasteiger partial charge in [0.05, 0.1) is 0 Å². The summed E-state index contributed by atoms with van der Waals surface area (Å²) in [6.45, 7) is 6.88. The lowest BCUT2D eigenvalue weighted by molar-refractivity contribution is 0.286. The van der Waals surface area contributed by atoms with Gasteiger partial charge < -0.3 is 0 Å². The average molecular weight is 150 g/mol. The van der Waals surface area contributed by atoms with Crippen molar-refractivity contribution in [2.45, 2.75) is 33.6 Å². The molecule has 0 aromatic carbocycles. The highest BCUT2D eigenvalue weighted by molar-refractivity contribution is 5.18. The molecule has 2 atom stereocenters. The number of allylic oxidation sites excluding steroid dienone is 4. The molecule has 0 N–H and O–H groups in total. The molecule has 0 aromatic rings. The Morgan fingerprint density at radius 1 is 1.27 bits per heavy atom. The van der Waals surface area contributed by atoms with Crippen LogP contribution in [-0.2, 0) is 0 Å². The van der Waals surface area contributed by atoms with Gasteiger partial charge in [0.1, 0.15) is 0 Å². The van der Waals surface area contributed by atoms with Crippen molar-refractivity contribution < 1.29 is 0 Å². The molecular formula is C11H18. The van der Waals surface area contributed by atoms with E-state index in [-0.39, 0.29) is 0 Å². The minimum absolute atomic E-state index is 0.420. The van der Waals surface area contributed by atoms with Gasteiger partial charge in [-0.3, -0.25) is 0 Å². The Labute approximate surface area is 70.0 Å². The molecule has 0 spiro atoms. The van der Waals surface area contributed by atoms with Gasteiger partial charge in [-0.15, -0.1) is 0 Å². The Hall–Kier alpha value is -0.520. The lowest BCUT2D eigenvalue weighted by Gasteiger charge is -2.33. The zero-order valence-corrected chi connectivity index (χ0v) is 7.80. The highest BCUT2D eigenvalue weighted by Gasteiger charge is 2.27. The first-order valence-electron chi connectivity index (χ1n) is 4.59. The third-order valence-electron chi connectivity index (χ3n) is 2.98. The van der Waals surface area contributed by atoms with Crippen molar-refractivity contribution in [1.29, 1.82) is 0 Å².